The van der Waals surface area contributed by atoms with E-state index in [9.17, 15) is 4.79 Å². The van der Waals surface area contributed by atoms with Gasteiger partial charge >= 0.3 is 0 Å². The smallest absolute Gasteiger partial charge is 0.228 e. The maximum Gasteiger partial charge on any atom is 0.228 e. The zero-order valence-corrected chi connectivity index (χ0v) is 12.3. The number of carbonyl (C=O) groups excluding carboxylic acids is 1. The zero-order chi connectivity index (χ0) is 14.7. The van der Waals surface area contributed by atoms with Crippen molar-refractivity contribution in [1.82, 2.24) is 0 Å². The molecule has 0 spiro atoms. The molecule has 0 aliphatic carbocycles. The van der Waals surface area contributed by atoms with E-state index in [1.165, 1.54) is 0 Å². The third kappa shape index (κ3) is 3.37. The Hall–Kier alpha value is -2.00. The summed E-state index contributed by atoms with van der Waals surface area (Å²) >= 11 is 6.04. The fourth-order valence-electron chi connectivity index (χ4n) is 2.40. The quantitative estimate of drug-likeness (QED) is 0.807. The lowest BCUT2D eigenvalue weighted by Crippen LogP contribution is -2.24. The summed E-state index contributed by atoms with van der Waals surface area (Å²) < 4.78 is 5.78. The van der Waals surface area contributed by atoms with E-state index >= 15 is 0 Å². The van der Waals surface area contributed by atoms with Crippen molar-refractivity contribution in [3.63, 3.8) is 0 Å². The van der Waals surface area contributed by atoms with Gasteiger partial charge in [-0.15, -0.1) is 11.6 Å². The van der Waals surface area contributed by atoms with Crippen molar-refractivity contribution < 1.29 is 9.53 Å². The molecule has 1 atom stereocenters. The van der Waals surface area contributed by atoms with E-state index in [1.807, 2.05) is 54.6 Å². The Morgan fingerprint density at radius 1 is 1.14 bits per heavy atom. The largest absolute Gasteiger partial charge is 0.489 e. The van der Waals surface area contributed by atoms with E-state index in [0.29, 0.717) is 19.6 Å². The van der Waals surface area contributed by atoms with Crippen LogP contribution in [0.25, 0.3) is 0 Å². The maximum absolute atomic E-state index is 11.9. The summed E-state index contributed by atoms with van der Waals surface area (Å²) in [6.07, 6.45) is 0.399. The standard InChI is InChI=1S/C17H16ClNO2/c18-14-9-17(20)19(11-14)15-7-4-8-16(10-15)21-12-13-5-2-1-3-6-13/h1-8,10,14H,9,11-12H2. The third-order valence-electron chi connectivity index (χ3n) is 3.46. The van der Waals surface area contributed by atoms with Crippen molar-refractivity contribution in [1.29, 1.82) is 0 Å². The predicted octanol–water partition coefficient (Wildman–Crippen LogP) is 3.61. The molecule has 4 heteroatoms. The van der Waals surface area contributed by atoms with Crippen LogP contribution in [0, 0.1) is 0 Å². The summed E-state index contributed by atoms with van der Waals surface area (Å²) in [5, 5.41) is -0.105. The molecule has 3 nitrogen and oxygen atoms in total. The van der Waals surface area contributed by atoms with Crippen molar-refractivity contribution in [3.8, 4) is 5.75 Å². The molecule has 0 bridgehead atoms. The van der Waals surface area contributed by atoms with Gasteiger partial charge in [0.2, 0.25) is 5.91 Å². The van der Waals surface area contributed by atoms with Crippen molar-refractivity contribution >= 4 is 23.2 Å². The van der Waals surface area contributed by atoms with Crippen LogP contribution in [-0.4, -0.2) is 17.8 Å². The third-order valence-corrected chi connectivity index (χ3v) is 3.75. The fraction of sp³-hybridized carbons (Fsp3) is 0.235. The molecule has 1 aliphatic rings. The molecule has 0 saturated carbocycles. The zero-order valence-electron chi connectivity index (χ0n) is 11.5. The number of hydrogen-bond donors (Lipinski definition) is 0. The van der Waals surface area contributed by atoms with Crippen LogP contribution in [0.1, 0.15) is 12.0 Å². The van der Waals surface area contributed by atoms with Gasteiger partial charge in [-0.05, 0) is 17.7 Å². The SMILES string of the molecule is O=C1CC(Cl)CN1c1cccc(OCc2ccccc2)c1. The van der Waals surface area contributed by atoms with Crippen molar-refractivity contribution in [2.75, 3.05) is 11.4 Å². The topological polar surface area (TPSA) is 29.5 Å². The van der Waals surface area contributed by atoms with E-state index in [2.05, 4.69) is 0 Å². The molecule has 108 valence electrons. The van der Waals surface area contributed by atoms with Gasteiger partial charge in [0.15, 0.2) is 0 Å². The molecule has 1 aliphatic heterocycles. The Morgan fingerprint density at radius 2 is 1.95 bits per heavy atom. The highest BCUT2D eigenvalue weighted by molar-refractivity contribution is 6.24. The monoisotopic (exact) mass is 301 g/mol. The van der Waals surface area contributed by atoms with Gasteiger partial charge in [-0.3, -0.25) is 4.79 Å². The van der Waals surface area contributed by atoms with Crippen LogP contribution in [0.2, 0.25) is 0 Å². The summed E-state index contributed by atoms with van der Waals surface area (Å²) in [5.41, 5.74) is 1.95. The average molecular weight is 302 g/mol. The lowest BCUT2D eigenvalue weighted by Gasteiger charge is -2.17. The van der Waals surface area contributed by atoms with Crippen molar-refractivity contribution in [3.05, 3.63) is 60.2 Å². The first-order valence-electron chi connectivity index (χ1n) is 6.93. The van der Waals surface area contributed by atoms with Crippen LogP contribution in [0.4, 0.5) is 5.69 Å². The maximum atomic E-state index is 11.9. The van der Waals surface area contributed by atoms with Crippen LogP contribution in [-0.2, 0) is 11.4 Å². The Bertz CT molecular complexity index is 630. The highest BCUT2D eigenvalue weighted by atomic mass is 35.5. The first kappa shape index (κ1) is 14.0. The van der Waals surface area contributed by atoms with E-state index in [-0.39, 0.29) is 11.3 Å². The number of alkyl halides is 1. The summed E-state index contributed by atoms with van der Waals surface area (Å²) in [5.74, 6) is 0.817. The minimum Gasteiger partial charge on any atom is -0.489 e. The first-order valence-corrected chi connectivity index (χ1v) is 7.37. The molecule has 0 aromatic heterocycles. The Labute approximate surface area is 129 Å². The van der Waals surface area contributed by atoms with E-state index in [4.69, 9.17) is 16.3 Å². The number of ether oxygens (including phenoxy) is 1. The summed E-state index contributed by atoms with van der Waals surface area (Å²) in [7, 11) is 0. The molecule has 0 N–H and O–H groups in total. The first-order chi connectivity index (χ1) is 10.2. The molecular weight excluding hydrogens is 286 g/mol. The van der Waals surface area contributed by atoms with Crippen molar-refractivity contribution in [2.45, 2.75) is 18.4 Å². The second kappa shape index (κ2) is 6.19. The summed E-state index contributed by atoms with van der Waals surface area (Å²) in [6, 6.07) is 17.6. The average Bonchev–Trinajstić information content (AvgIpc) is 2.85. The lowest BCUT2D eigenvalue weighted by atomic mass is 10.2. The number of hydrogen-bond acceptors (Lipinski definition) is 2. The molecule has 2 aromatic carbocycles. The van der Waals surface area contributed by atoms with Gasteiger partial charge < -0.3 is 9.64 Å². The molecule has 21 heavy (non-hydrogen) atoms. The molecular formula is C17H16ClNO2. The van der Waals surface area contributed by atoms with Gasteiger partial charge in [-0.25, -0.2) is 0 Å². The Morgan fingerprint density at radius 3 is 2.67 bits per heavy atom. The minimum absolute atomic E-state index is 0.0650. The minimum atomic E-state index is -0.105. The van der Waals surface area contributed by atoms with Gasteiger partial charge in [0.25, 0.3) is 0 Å². The molecule has 1 fully saturated rings. The molecule has 0 radical (unpaired) electrons. The van der Waals surface area contributed by atoms with Gasteiger partial charge in [-0.2, -0.15) is 0 Å². The van der Waals surface area contributed by atoms with Gasteiger partial charge in [0.05, 0.1) is 5.38 Å². The van der Waals surface area contributed by atoms with E-state index in [0.717, 1.165) is 17.0 Å². The Kier molecular flexibility index (Phi) is 4.11. The molecule has 3 rings (SSSR count). The Balaban J connectivity index is 1.70. The highest BCUT2D eigenvalue weighted by Gasteiger charge is 2.29. The summed E-state index contributed by atoms with van der Waals surface area (Å²) in [4.78, 5) is 13.6. The van der Waals surface area contributed by atoms with E-state index in [1.54, 1.807) is 4.90 Å². The van der Waals surface area contributed by atoms with Crippen LogP contribution in [0.5, 0.6) is 5.75 Å². The lowest BCUT2D eigenvalue weighted by molar-refractivity contribution is -0.117. The van der Waals surface area contributed by atoms with Crippen LogP contribution in [0.3, 0.4) is 0 Å². The van der Waals surface area contributed by atoms with E-state index < -0.39 is 0 Å². The highest BCUT2D eigenvalue weighted by Crippen LogP contribution is 2.27. The van der Waals surface area contributed by atoms with Crippen molar-refractivity contribution in [2.24, 2.45) is 0 Å². The van der Waals surface area contributed by atoms with Gasteiger partial charge in [0, 0.05) is 24.7 Å². The summed E-state index contributed by atoms with van der Waals surface area (Å²) in [6.45, 7) is 1.07. The van der Waals surface area contributed by atoms with Crippen LogP contribution >= 0.6 is 11.6 Å². The molecule has 1 amide bonds. The number of anilines is 1. The van der Waals surface area contributed by atoms with Gasteiger partial charge in [-0.1, -0.05) is 36.4 Å². The predicted molar refractivity (Wildman–Crippen MR) is 83.8 cm³/mol. The molecule has 1 unspecified atom stereocenters. The van der Waals surface area contributed by atoms with Gasteiger partial charge in [0.1, 0.15) is 12.4 Å². The number of halogens is 1. The second-order valence-electron chi connectivity index (χ2n) is 5.08. The number of rotatable bonds is 4. The van der Waals surface area contributed by atoms with Crippen LogP contribution < -0.4 is 9.64 Å². The number of amides is 1. The fourth-order valence-corrected chi connectivity index (χ4v) is 2.67. The number of carbonyl (C=O) groups is 1. The number of nitrogens with zero attached hydrogens (tertiary/aromatic N) is 1. The molecule has 1 heterocycles. The van der Waals surface area contributed by atoms with Crippen LogP contribution in [0.15, 0.2) is 54.6 Å². The molecule has 1 saturated heterocycles. The normalized spacial score (nSPS) is 18.0. The molecule has 2 aromatic rings. The second-order valence-corrected chi connectivity index (χ2v) is 5.69. The number of benzene rings is 2.